The monoisotopic (exact) mass is 276 g/mol. The summed E-state index contributed by atoms with van der Waals surface area (Å²) in [6, 6.07) is 4.69. The van der Waals surface area contributed by atoms with Crippen molar-refractivity contribution in [2.45, 2.75) is 13.8 Å². The number of thiophene rings is 1. The van der Waals surface area contributed by atoms with Crippen LogP contribution in [0.25, 0.3) is 0 Å². The fraction of sp³-hybridized carbons (Fsp3) is 0.154. The van der Waals surface area contributed by atoms with E-state index in [1.165, 1.54) is 18.3 Å². The lowest BCUT2D eigenvalue weighted by molar-refractivity contribution is 0.0696. The molecule has 0 radical (unpaired) electrons. The molecule has 0 aliphatic carbocycles. The summed E-state index contributed by atoms with van der Waals surface area (Å²) in [6.45, 7) is 3.82. The van der Waals surface area contributed by atoms with Crippen molar-refractivity contribution in [3.63, 3.8) is 0 Å². The molecule has 2 N–H and O–H groups in total. The number of anilines is 1. The number of rotatable bonds is 3. The van der Waals surface area contributed by atoms with Gasteiger partial charge < -0.3 is 10.4 Å². The van der Waals surface area contributed by atoms with Gasteiger partial charge in [0, 0.05) is 16.0 Å². The summed E-state index contributed by atoms with van der Waals surface area (Å²) in [5.74, 6) is -0.953. The molecule has 0 atom stereocenters. The second-order valence-electron chi connectivity index (χ2n) is 4.02. The van der Waals surface area contributed by atoms with E-state index in [2.05, 4.69) is 10.3 Å². The number of hydrogen-bond donors (Lipinski definition) is 2. The standard InChI is InChI=1S/C13H12N2O3S/c1-7-5-10(8(2)19-7)12(16)15-11-4-3-9(6-14-11)13(17)18/h3-6H,1-2H3,(H,17,18)(H,14,15,16). The van der Waals surface area contributed by atoms with Gasteiger partial charge in [-0.05, 0) is 32.0 Å². The summed E-state index contributed by atoms with van der Waals surface area (Å²) in [6.07, 6.45) is 1.21. The average Bonchev–Trinajstić information content (AvgIpc) is 2.69. The van der Waals surface area contributed by atoms with Crippen molar-refractivity contribution in [1.29, 1.82) is 0 Å². The normalized spacial score (nSPS) is 10.2. The third-order valence-corrected chi connectivity index (χ3v) is 3.50. The molecule has 0 fully saturated rings. The van der Waals surface area contributed by atoms with Crippen LogP contribution >= 0.6 is 11.3 Å². The Kier molecular flexibility index (Phi) is 3.62. The van der Waals surface area contributed by atoms with E-state index in [0.29, 0.717) is 11.4 Å². The van der Waals surface area contributed by atoms with Crippen LogP contribution < -0.4 is 5.32 Å². The number of nitrogens with zero attached hydrogens (tertiary/aromatic N) is 1. The number of pyridine rings is 1. The number of amides is 1. The maximum Gasteiger partial charge on any atom is 0.337 e. The fourth-order valence-electron chi connectivity index (χ4n) is 1.63. The summed E-state index contributed by atoms with van der Waals surface area (Å²) in [5.41, 5.74) is 0.701. The minimum absolute atomic E-state index is 0.0838. The molecular formula is C13H12N2O3S. The Morgan fingerprint density at radius 3 is 2.53 bits per heavy atom. The Morgan fingerprint density at radius 2 is 2.05 bits per heavy atom. The zero-order valence-electron chi connectivity index (χ0n) is 10.4. The second kappa shape index (κ2) is 5.19. The molecule has 0 saturated carbocycles. The van der Waals surface area contributed by atoms with E-state index < -0.39 is 5.97 Å². The fourth-order valence-corrected chi connectivity index (χ4v) is 2.56. The average molecular weight is 276 g/mol. The predicted molar refractivity (Wildman–Crippen MR) is 72.9 cm³/mol. The van der Waals surface area contributed by atoms with Crippen LogP contribution in [-0.4, -0.2) is 22.0 Å². The molecule has 2 aromatic rings. The zero-order chi connectivity index (χ0) is 14.0. The highest BCUT2D eigenvalue weighted by Crippen LogP contribution is 2.21. The van der Waals surface area contributed by atoms with Gasteiger partial charge in [0.1, 0.15) is 5.82 Å². The molecule has 0 bridgehead atoms. The first-order chi connectivity index (χ1) is 8.97. The topological polar surface area (TPSA) is 79.3 Å². The molecule has 0 aromatic carbocycles. The quantitative estimate of drug-likeness (QED) is 0.903. The molecule has 2 rings (SSSR count). The van der Waals surface area contributed by atoms with Gasteiger partial charge in [-0.15, -0.1) is 11.3 Å². The van der Waals surface area contributed by atoms with Crippen LogP contribution in [0.2, 0.25) is 0 Å². The molecule has 0 aliphatic rings. The molecular weight excluding hydrogens is 264 g/mol. The number of nitrogens with one attached hydrogen (secondary N) is 1. The molecule has 98 valence electrons. The van der Waals surface area contributed by atoms with Crippen LogP contribution in [0.5, 0.6) is 0 Å². The number of aromatic carboxylic acids is 1. The summed E-state index contributed by atoms with van der Waals surface area (Å²) in [5, 5.41) is 11.4. The second-order valence-corrected chi connectivity index (χ2v) is 5.48. The van der Waals surface area contributed by atoms with E-state index in [9.17, 15) is 9.59 Å². The van der Waals surface area contributed by atoms with Gasteiger partial charge in [0.2, 0.25) is 0 Å². The summed E-state index contributed by atoms with van der Waals surface area (Å²) in [4.78, 5) is 28.6. The first-order valence-electron chi connectivity index (χ1n) is 5.55. The van der Waals surface area contributed by atoms with E-state index in [1.807, 2.05) is 19.9 Å². The van der Waals surface area contributed by atoms with E-state index in [1.54, 1.807) is 11.3 Å². The van der Waals surface area contributed by atoms with E-state index >= 15 is 0 Å². The highest BCUT2D eigenvalue weighted by atomic mass is 32.1. The number of carbonyl (C=O) groups is 2. The molecule has 6 heteroatoms. The third kappa shape index (κ3) is 2.97. The van der Waals surface area contributed by atoms with Gasteiger partial charge in [-0.25, -0.2) is 9.78 Å². The minimum atomic E-state index is -1.05. The predicted octanol–water partition coefficient (Wildman–Crippen LogP) is 2.71. The largest absolute Gasteiger partial charge is 0.478 e. The lowest BCUT2D eigenvalue weighted by Crippen LogP contribution is -2.13. The van der Waals surface area contributed by atoms with Gasteiger partial charge in [-0.2, -0.15) is 0 Å². The Bertz CT molecular complexity index is 632. The van der Waals surface area contributed by atoms with Gasteiger partial charge >= 0.3 is 5.97 Å². The summed E-state index contributed by atoms with van der Waals surface area (Å²) >= 11 is 1.56. The van der Waals surface area contributed by atoms with Gasteiger partial charge in [0.15, 0.2) is 0 Å². The van der Waals surface area contributed by atoms with Crippen LogP contribution in [0.3, 0.4) is 0 Å². The Labute approximate surface area is 113 Å². The molecule has 0 spiro atoms. The SMILES string of the molecule is Cc1cc(C(=O)Nc2ccc(C(=O)O)cn2)c(C)s1. The van der Waals surface area contributed by atoms with Crippen LogP contribution in [0, 0.1) is 13.8 Å². The minimum Gasteiger partial charge on any atom is -0.478 e. The van der Waals surface area contributed by atoms with E-state index in [4.69, 9.17) is 5.11 Å². The maximum atomic E-state index is 12.0. The van der Waals surface area contributed by atoms with Crippen LogP contribution in [0.15, 0.2) is 24.4 Å². The third-order valence-electron chi connectivity index (χ3n) is 2.54. The molecule has 2 aromatic heterocycles. The number of aromatic nitrogens is 1. The Hall–Kier alpha value is -2.21. The van der Waals surface area contributed by atoms with Crippen LogP contribution in [-0.2, 0) is 0 Å². The van der Waals surface area contributed by atoms with Crippen molar-refractivity contribution in [3.05, 3.63) is 45.3 Å². The first kappa shape index (κ1) is 13.2. The van der Waals surface area contributed by atoms with Crippen molar-refractivity contribution in [2.75, 3.05) is 5.32 Å². The van der Waals surface area contributed by atoms with Gasteiger partial charge in [0.05, 0.1) is 11.1 Å². The maximum absolute atomic E-state index is 12.0. The summed E-state index contributed by atoms with van der Waals surface area (Å²) in [7, 11) is 0. The lowest BCUT2D eigenvalue weighted by atomic mass is 10.2. The number of carbonyl (C=O) groups excluding carboxylic acids is 1. The Morgan fingerprint density at radius 1 is 1.32 bits per heavy atom. The van der Waals surface area contributed by atoms with Gasteiger partial charge in [-0.1, -0.05) is 0 Å². The van der Waals surface area contributed by atoms with Gasteiger partial charge in [0.25, 0.3) is 5.91 Å². The zero-order valence-corrected chi connectivity index (χ0v) is 11.2. The highest BCUT2D eigenvalue weighted by Gasteiger charge is 2.12. The molecule has 0 saturated heterocycles. The molecule has 1 amide bonds. The number of carboxylic acids is 1. The Balaban J connectivity index is 2.15. The lowest BCUT2D eigenvalue weighted by Gasteiger charge is -2.04. The molecule has 0 aliphatic heterocycles. The van der Waals surface area contributed by atoms with E-state index in [0.717, 1.165) is 9.75 Å². The number of carboxylic acid groups (broad SMARTS) is 1. The van der Waals surface area contributed by atoms with Crippen LogP contribution in [0.1, 0.15) is 30.5 Å². The molecule has 2 heterocycles. The van der Waals surface area contributed by atoms with Crippen molar-refractivity contribution in [2.24, 2.45) is 0 Å². The van der Waals surface area contributed by atoms with Crippen molar-refractivity contribution in [1.82, 2.24) is 4.98 Å². The van der Waals surface area contributed by atoms with E-state index in [-0.39, 0.29) is 11.5 Å². The highest BCUT2D eigenvalue weighted by molar-refractivity contribution is 7.12. The van der Waals surface area contributed by atoms with Crippen molar-refractivity contribution >= 4 is 29.0 Å². The molecule has 5 nitrogen and oxygen atoms in total. The smallest absolute Gasteiger partial charge is 0.337 e. The van der Waals surface area contributed by atoms with Crippen molar-refractivity contribution < 1.29 is 14.7 Å². The van der Waals surface area contributed by atoms with Gasteiger partial charge in [-0.3, -0.25) is 4.79 Å². The van der Waals surface area contributed by atoms with Crippen molar-refractivity contribution in [3.8, 4) is 0 Å². The molecule has 0 unspecified atom stereocenters. The number of hydrogen-bond acceptors (Lipinski definition) is 4. The first-order valence-corrected chi connectivity index (χ1v) is 6.37. The van der Waals surface area contributed by atoms with Crippen LogP contribution in [0.4, 0.5) is 5.82 Å². The number of aryl methyl sites for hydroxylation is 2. The molecule has 19 heavy (non-hydrogen) atoms. The summed E-state index contributed by atoms with van der Waals surface area (Å²) < 4.78 is 0.